The molecule has 208 valence electrons. The van der Waals surface area contributed by atoms with Crippen molar-refractivity contribution in [3.63, 3.8) is 0 Å². The molecular weight excluding hydrogens is 514 g/mol. The summed E-state index contributed by atoms with van der Waals surface area (Å²) in [6, 6.07) is 23.1. The average molecular weight is 552 g/mol. The normalized spacial score (nSPS) is 12.7. The molecule has 0 bridgehead atoms. The Morgan fingerprint density at radius 3 is 2.08 bits per heavy atom. The van der Waals surface area contributed by atoms with Crippen molar-refractivity contribution in [2.24, 2.45) is 0 Å². The third kappa shape index (κ3) is 7.60. The zero-order valence-corrected chi connectivity index (χ0v) is 23.7. The lowest BCUT2D eigenvalue weighted by Crippen LogP contribution is -2.52. The Labute approximate surface area is 231 Å². The largest absolute Gasteiger partial charge is 0.492 e. The number of para-hydroxylation sites is 2. The number of rotatable bonds is 13. The number of hydrogen-bond acceptors (Lipinski definition) is 5. The van der Waals surface area contributed by atoms with Crippen LogP contribution in [-0.4, -0.2) is 50.4 Å². The van der Waals surface area contributed by atoms with E-state index >= 15 is 0 Å². The van der Waals surface area contributed by atoms with Crippen molar-refractivity contribution in [2.75, 3.05) is 17.5 Å². The van der Waals surface area contributed by atoms with Gasteiger partial charge in [-0.2, -0.15) is 0 Å². The van der Waals surface area contributed by atoms with E-state index in [1.807, 2.05) is 44.2 Å². The van der Waals surface area contributed by atoms with E-state index in [9.17, 15) is 18.0 Å². The molecule has 9 heteroatoms. The topological polar surface area (TPSA) is 96.0 Å². The summed E-state index contributed by atoms with van der Waals surface area (Å²) >= 11 is 0. The van der Waals surface area contributed by atoms with E-state index in [1.165, 1.54) is 17.0 Å². The molecule has 3 aromatic carbocycles. The molecule has 0 aliphatic heterocycles. The summed E-state index contributed by atoms with van der Waals surface area (Å²) in [6.45, 7) is 7.25. The van der Waals surface area contributed by atoms with Crippen LogP contribution in [0.4, 0.5) is 5.69 Å². The van der Waals surface area contributed by atoms with Gasteiger partial charge in [-0.25, -0.2) is 8.42 Å². The van der Waals surface area contributed by atoms with E-state index in [4.69, 9.17) is 4.74 Å². The van der Waals surface area contributed by atoms with E-state index in [1.54, 1.807) is 56.3 Å². The van der Waals surface area contributed by atoms with Crippen LogP contribution in [0.2, 0.25) is 0 Å². The second-order valence-electron chi connectivity index (χ2n) is 9.23. The Morgan fingerprint density at radius 1 is 0.872 bits per heavy atom. The first kappa shape index (κ1) is 29.7. The Kier molecular flexibility index (Phi) is 10.5. The van der Waals surface area contributed by atoms with Crippen LogP contribution in [0, 0.1) is 0 Å². The van der Waals surface area contributed by atoms with Crippen LogP contribution in [-0.2, 0) is 26.2 Å². The zero-order valence-electron chi connectivity index (χ0n) is 22.9. The highest BCUT2D eigenvalue weighted by Crippen LogP contribution is 2.32. The highest BCUT2D eigenvalue weighted by molar-refractivity contribution is 7.92. The number of benzene rings is 3. The molecule has 0 saturated heterocycles. The molecule has 0 radical (unpaired) electrons. The van der Waals surface area contributed by atoms with Crippen molar-refractivity contribution in [1.82, 2.24) is 10.2 Å². The van der Waals surface area contributed by atoms with E-state index < -0.39 is 28.5 Å². The summed E-state index contributed by atoms with van der Waals surface area (Å²) in [5, 5.41) is 2.93. The van der Waals surface area contributed by atoms with Crippen molar-refractivity contribution in [1.29, 1.82) is 0 Å². The van der Waals surface area contributed by atoms with Gasteiger partial charge in [0, 0.05) is 12.6 Å². The molecule has 0 aliphatic carbocycles. The number of ether oxygens (including phenoxy) is 1. The van der Waals surface area contributed by atoms with Gasteiger partial charge in [0.25, 0.3) is 10.0 Å². The summed E-state index contributed by atoms with van der Waals surface area (Å²) in [5.74, 6) is -0.484. The van der Waals surface area contributed by atoms with Crippen molar-refractivity contribution in [3.05, 3.63) is 90.5 Å². The lowest BCUT2D eigenvalue weighted by molar-refractivity contribution is -0.139. The second kappa shape index (κ2) is 13.8. The quantitative estimate of drug-likeness (QED) is 0.335. The predicted molar refractivity (Wildman–Crippen MR) is 153 cm³/mol. The first-order chi connectivity index (χ1) is 18.7. The number of carbonyl (C=O) groups is 2. The van der Waals surface area contributed by atoms with Crippen LogP contribution < -0.4 is 14.4 Å². The average Bonchev–Trinajstić information content (AvgIpc) is 2.95. The van der Waals surface area contributed by atoms with E-state index in [-0.39, 0.29) is 29.1 Å². The Balaban J connectivity index is 2.05. The van der Waals surface area contributed by atoms with Crippen molar-refractivity contribution in [2.45, 2.75) is 57.6 Å². The first-order valence-corrected chi connectivity index (χ1v) is 14.6. The summed E-state index contributed by atoms with van der Waals surface area (Å²) in [5.41, 5.74) is 1.06. The molecule has 0 unspecified atom stereocenters. The van der Waals surface area contributed by atoms with Gasteiger partial charge >= 0.3 is 0 Å². The summed E-state index contributed by atoms with van der Waals surface area (Å²) in [4.78, 5) is 28.5. The Hall–Kier alpha value is -3.85. The molecule has 0 saturated carbocycles. The van der Waals surface area contributed by atoms with Crippen LogP contribution in [0.15, 0.2) is 89.8 Å². The van der Waals surface area contributed by atoms with Crippen molar-refractivity contribution >= 4 is 27.5 Å². The van der Waals surface area contributed by atoms with Crippen molar-refractivity contribution < 1.29 is 22.7 Å². The first-order valence-electron chi connectivity index (χ1n) is 13.1. The minimum absolute atomic E-state index is 0.0428. The van der Waals surface area contributed by atoms with Gasteiger partial charge in [-0.05, 0) is 57.0 Å². The van der Waals surface area contributed by atoms with E-state index in [0.717, 1.165) is 16.3 Å². The standard InChI is InChI=1S/C30H37N3O5S/c1-5-23(3)31-30(35)24(4)32(21-25-15-9-7-10-16-25)29(34)22-33(27-19-13-14-20-28(27)38-6-2)39(36,37)26-17-11-8-12-18-26/h7-20,23-24H,5-6,21-22H2,1-4H3,(H,31,35)/t23-,24+/m1/s1. The van der Waals surface area contributed by atoms with Gasteiger partial charge in [0.2, 0.25) is 11.8 Å². The second-order valence-corrected chi connectivity index (χ2v) is 11.1. The fourth-order valence-corrected chi connectivity index (χ4v) is 5.45. The smallest absolute Gasteiger partial charge is 0.264 e. The maximum absolute atomic E-state index is 14.0. The maximum atomic E-state index is 14.0. The van der Waals surface area contributed by atoms with Gasteiger partial charge in [-0.3, -0.25) is 13.9 Å². The number of sulfonamides is 1. The summed E-state index contributed by atoms with van der Waals surface area (Å²) in [7, 11) is -4.16. The summed E-state index contributed by atoms with van der Waals surface area (Å²) in [6.07, 6.45) is 0.738. The maximum Gasteiger partial charge on any atom is 0.264 e. The van der Waals surface area contributed by atoms with E-state index in [0.29, 0.717) is 12.4 Å². The minimum atomic E-state index is -4.16. The van der Waals surface area contributed by atoms with Crippen LogP contribution in [0.25, 0.3) is 0 Å². The Bertz CT molecular complexity index is 1330. The van der Waals surface area contributed by atoms with Crippen LogP contribution in [0.3, 0.4) is 0 Å². The molecule has 2 amide bonds. The zero-order chi connectivity index (χ0) is 28.4. The third-order valence-electron chi connectivity index (χ3n) is 6.41. The number of carbonyl (C=O) groups excluding carboxylic acids is 2. The molecule has 8 nitrogen and oxygen atoms in total. The number of amides is 2. The predicted octanol–water partition coefficient (Wildman–Crippen LogP) is 4.61. The van der Waals surface area contributed by atoms with E-state index in [2.05, 4.69) is 5.32 Å². The van der Waals surface area contributed by atoms with Gasteiger partial charge in [0.15, 0.2) is 0 Å². The molecule has 3 aromatic rings. The molecule has 0 heterocycles. The molecule has 2 atom stereocenters. The number of anilines is 1. The molecule has 0 spiro atoms. The molecule has 0 aromatic heterocycles. The molecule has 0 aliphatic rings. The van der Waals surface area contributed by atoms with Crippen LogP contribution in [0.1, 0.15) is 39.7 Å². The van der Waals surface area contributed by atoms with Gasteiger partial charge in [-0.15, -0.1) is 0 Å². The molecule has 1 N–H and O–H groups in total. The molecule has 39 heavy (non-hydrogen) atoms. The lowest BCUT2D eigenvalue weighted by Gasteiger charge is -2.32. The van der Waals surface area contributed by atoms with Gasteiger partial charge in [0.1, 0.15) is 18.3 Å². The Morgan fingerprint density at radius 2 is 1.46 bits per heavy atom. The molecule has 0 fully saturated rings. The SMILES string of the molecule is CCOc1ccccc1N(CC(=O)N(Cc1ccccc1)[C@@H](C)C(=O)N[C@H](C)CC)S(=O)(=O)c1ccccc1. The molecular formula is C30H37N3O5S. The number of nitrogens with one attached hydrogen (secondary N) is 1. The number of hydrogen-bond donors (Lipinski definition) is 1. The fraction of sp³-hybridized carbons (Fsp3) is 0.333. The highest BCUT2D eigenvalue weighted by atomic mass is 32.2. The number of nitrogens with zero attached hydrogens (tertiary/aromatic N) is 2. The van der Waals surface area contributed by atoms with Gasteiger partial charge < -0.3 is 15.0 Å². The third-order valence-corrected chi connectivity index (χ3v) is 8.18. The monoisotopic (exact) mass is 551 g/mol. The van der Waals surface area contributed by atoms with Crippen LogP contribution in [0.5, 0.6) is 5.75 Å². The minimum Gasteiger partial charge on any atom is -0.492 e. The highest BCUT2D eigenvalue weighted by Gasteiger charge is 2.33. The van der Waals surface area contributed by atoms with Gasteiger partial charge in [-0.1, -0.05) is 67.6 Å². The summed E-state index contributed by atoms with van der Waals surface area (Å²) < 4.78 is 34.6. The lowest BCUT2D eigenvalue weighted by atomic mass is 10.1. The van der Waals surface area contributed by atoms with Gasteiger partial charge in [0.05, 0.1) is 17.2 Å². The molecule has 3 rings (SSSR count). The van der Waals surface area contributed by atoms with Crippen LogP contribution >= 0.6 is 0 Å². The van der Waals surface area contributed by atoms with Crippen molar-refractivity contribution in [3.8, 4) is 5.75 Å². The fourth-order valence-electron chi connectivity index (χ4n) is 4.00.